The van der Waals surface area contributed by atoms with Crippen LogP contribution in [0.3, 0.4) is 0 Å². The molecule has 2 aromatic rings. The van der Waals surface area contributed by atoms with Crippen LogP contribution in [0.1, 0.15) is 58.8 Å². The summed E-state index contributed by atoms with van der Waals surface area (Å²) in [6.45, 7) is 8.13. The van der Waals surface area contributed by atoms with Crippen molar-refractivity contribution < 1.29 is 13.9 Å². The third-order valence-corrected chi connectivity index (χ3v) is 6.40. The Labute approximate surface area is 189 Å². The molecule has 0 spiro atoms. The Kier molecular flexibility index (Phi) is 6.58. The zero-order chi connectivity index (χ0) is 22.0. The summed E-state index contributed by atoms with van der Waals surface area (Å²) in [5, 5.41) is 0.653. The number of oxazole rings is 1. The van der Waals surface area contributed by atoms with Crippen LogP contribution in [0.2, 0.25) is 5.02 Å². The molecular formula is C24H32ClN3O3. The van der Waals surface area contributed by atoms with Gasteiger partial charge in [-0.1, -0.05) is 30.2 Å². The van der Waals surface area contributed by atoms with Crippen LogP contribution in [-0.2, 0) is 11.3 Å². The zero-order valence-electron chi connectivity index (χ0n) is 18.6. The van der Waals surface area contributed by atoms with Crippen LogP contribution in [-0.4, -0.2) is 51.7 Å². The van der Waals surface area contributed by atoms with E-state index in [4.69, 9.17) is 20.8 Å². The van der Waals surface area contributed by atoms with Gasteiger partial charge in [-0.05, 0) is 65.1 Å². The van der Waals surface area contributed by atoms with Crippen LogP contribution in [0.4, 0.5) is 4.79 Å². The van der Waals surface area contributed by atoms with Gasteiger partial charge in [-0.3, -0.25) is 4.90 Å². The molecule has 1 aromatic heterocycles. The van der Waals surface area contributed by atoms with Gasteiger partial charge in [-0.2, -0.15) is 0 Å². The second kappa shape index (κ2) is 9.21. The maximum Gasteiger partial charge on any atom is 0.410 e. The van der Waals surface area contributed by atoms with Gasteiger partial charge in [0.25, 0.3) is 0 Å². The molecule has 0 saturated carbocycles. The van der Waals surface area contributed by atoms with Gasteiger partial charge in [0.05, 0.1) is 23.8 Å². The molecule has 7 heteroatoms. The number of aromatic nitrogens is 1. The molecule has 0 bridgehead atoms. The third kappa shape index (κ3) is 5.24. The van der Waals surface area contributed by atoms with Crippen molar-refractivity contribution in [2.75, 3.05) is 13.1 Å². The largest absolute Gasteiger partial charge is 0.444 e. The fourth-order valence-corrected chi connectivity index (χ4v) is 4.96. The molecule has 6 nitrogen and oxygen atoms in total. The van der Waals surface area contributed by atoms with Crippen molar-refractivity contribution in [3.8, 4) is 11.3 Å². The molecule has 0 unspecified atom stereocenters. The number of benzene rings is 1. The minimum absolute atomic E-state index is 0.174. The third-order valence-electron chi connectivity index (χ3n) is 6.07. The van der Waals surface area contributed by atoms with Crippen molar-refractivity contribution in [2.45, 2.75) is 77.1 Å². The summed E-state index contributed by atoms with van der Waals surface area (Å²) in [6, 6.07) is 8.10. The Balaban J connectivity index is 1.48. The first-order valence-electron chi connectivity index (χ1n) is 11.2. The molecular weight excluding hydrogens is 414 g/mol. The maximum absolute atomic E-state index is 12.8. The Hall–Kier alpha value is -2.05. The zero-order valence-corrected chi connectivity index (χ0v) is 19.4. The highest BCUT2D eigenvalue weighted by molar-refractivity contribution is 6.33. The lowest BCUT2D eigenvalue weighted by Gasteiger charge is -2.41. The molecule has 1 aromatic carbocycles. The Morgan fingerprint density at radius 1 is 1.16 bits per heavy atom. The number of hydrogen-bond donors (Lipinski definition) is 0. The highest BCUT2D eigenvalue weighted by Crippen LogP contribution is 2.33. The van der Waals surface area contributed by atoms with Crippen LogP contribution in [0, 0.1) is 0 Å². The summed E-state index contributed by atoms with van der Waals surface area (Å²) in [5.41, 5.74) is 0.369. The number of rotatable bonds is 4. The minimum Gasteiger partial charge on any atom is -0.444 e. The van der Waals surface area contributed by atoms with E-state index in [1.807, 2.05) is 49.9 Å². The monoisotopic (exact) mass is 445 g/mol. The van der Waals surface area contributed by atoms with Gasteiger partial charge < -0.3 is 14.1 Å². The van der Waals surface area contributed by atoms with E-state index < -0.39 is 5.60 Å². The molecule has 0 aliphatic carbocycles. The number of hydrogen-bond acceptors (Lipinski definition) is 5. The van der Waals surface area contributed by atoms with Crippen molar-refractivity contribution in [1.29, 1.82) is 0 Å². The van der Waals surface area contributed by atoms with Gasteiger partial charge in [0.1, 0.15) is 5.60 Å². The fraction of sp³-hybridized carbons (Fsp3) is 0.583. The van der Waals surface area contributed by atoms with Crippen molar-refractivity contribution >= 4 is 17.7 Å². The molecule has 31 heavy (non-hydrogen) atoms. The highest BCUT2D eigenvalue weighted by Gasteiger charge is 2.40. The van der Waals surface area contributed by atoms with Gasteiger partial charge in [-0.25, -0.2) is 9.78 Å². The normalized spacial score (nSPS) is 22.6. The number of carbonyl (C=O) groups excluding carboxylic acids is 1. The molecule has 168 valence electrons. The molecule has 4 rings (SSSR count). The average molecular weight is 446 g/mol. The van der Waals surface area contributed by atoms with E-state index in [9.17, 15) is 4.79 Å². The van der Waals surface area contributed by atoms with Crippen LogP contribution in [0.5, 0.6) is 0 Å². The van der Waals surface area contributed by atoms with Gasteiger partial charge in [0, 0.05) is 18.2 Å². The predicted octanol–water partition coefficient (Wildman–Crippen LogP) is 5.75. The number of halogens is 1. The first-order chi connectivity index (χ1) is 14.8. The number of likely N-dealkylation sites (tertiary alicyclic amines) is 2. The van der Waals surface area contributed by atoms with Gasteiger partial charge in [0.15, 0.2) is 5.76 Å². The topological polar surface area (TPSA) is 58.8 Å². The van der Waals surface area contributed by atoms with Crippen molar-refractivity contribution in [3.05, 3.63) is 41.4 Å². The van der Waals surface area contributed by atoms with Crippen LogP contribution in [0.15, 0.2) is 34.9 Å². The van der Waals surface area contributed by atoms with Crippen molar-refractivity contribution in [1.82, 2.24) is 14.8 Å². The molecule has 2 aliphatic rings. The summed E-state index contributed by atoms with van der Waals surface area (Å²) in [6.07, 6.45) is 6.97. The fourth-order valence-electron chi connectivity index (χ4n) is 4.73. The number of piperidine rings is 1. The first kappa shape index (κ1) is 22.2. The average Bonchev–Trinajstić information content (AvgIpc) is 3.37. The summed E-state index contributed by atoms with van der Waals surface area (Å²) in [5.74, 6) is 1.37. The molecule has 2 aliphatic heterocycles. The first-order valence-corrected chi connectivity index (χ1v) is 11.6. The lowest BCUT2D eigenvalue weighted by atomic mass is 9.94. The van der Waals surface area contributed by atoms with Crippen molar-refractivity contribution in [2.24, 2.45) is 0 Å². The molecule has 1 amide bonds. The molecule has 3 heterocycles. The van der Waals surface area contributed by atoms with Crippen LogP contribution in [0.25, 0.3) is 11.3 Å². The van der Waals surface area contributed by atoms with E-state index in [1.54, 1.807) is 6.20 Å². The highest BCUT2D eigenvalue weighted by atomic mass is 35.5. The van der Waals surface area contributed by atoms with Crippen LogP contribution < -0.4 is 0 Å². The van der Waals surface area contributed by atoms with Gasteiger partial charge in [-0.15, -0.1) is 0 Å². The smallest absolute Gasteiger partial charge is 0.410 e. The molecule has 2 saturated heterocycles. The van der Waals surface area contributed by atoms with Crippen molar-refractivity contribution in [3.63, 3.8) is 0 Å². The molecule has 0 radical (unpaired) electrons. The second-order valence-electron chi connectivity index (χ2n) is 9.52. The summed E-state index contributed by atoms with van der Waals surface area (Å²) >= 11 is 6.31. The van der Waals surface area contributed by atoms with Gasteiger partial charge in [0.2, 0.25) is 5.89 Å². The van der Waals surface area contributed by atoms with E-state index >= 15 is 0 Å². The summed E-state index contributed by atoms with van der Waals surface area (Å²) in [4.78, 5) is 21.7. The van der Waals surface area contributed by atoms with E-state index in [0.717, 1.165) is 44.3 Å². The minimum atomic E-state index is -0.482. The van der Waals surface area contributed by atoms with Gasteiger partial charge >= 0.3 is 6.09 Å². The Bertz CT molecular complexity index is 907. The SMILES string of the molecule is CC(C)(C)OC(=O)N1CCC[C@H]1[C@@H]1CCCCN1Cc1ncc(-c2ccccc2Cl)o1. The molecule has 2 fully saturated rings. The summed E-state index contributed by atoms with van der Waals surface area (Å²) in [7, 11) is 0. The van der Waals surface area contributed by atoms with Crippen LogP contribution >= 0.6 is 11.6 Å². The number of nitrogens with zero attached hydrogens (tertiary/aromatic N) is 3. The van der Waals surface area contributed by atoms with E-state index in [-0.39, 0.29) is 12.1 Å². The Morgan fingerprint density at radius 2 is 1.94 bits per heavy atom. The lowest BCUT2D eigenvalue weighted by molar-refractivity contribution is 0.00541. The van der Waals surface area contributed by atoms with E-state index in [2.05, 4.69) is 9.88 Å². The standard InChI is InChI=1S/C24H32ClN3O3/c1-24(2,3)31-23(29)28-14-8-12-20(28)19-11-6-7-13-27(19)16-22-26-15-21(30-22)17-9-4-5-10-18(17)25/h4-5,9-10,15,19-20H,6-8,11-14,16H2,1-3H3/t19-,20-/m0/s1. The van der Waals surface area contributed by atoms with E-state index in [0.29, 0.717) is 29.3 Å². The molecule has 2 atom stereocenters. The summed E-state index contributed by atoms with van der Waals surface area (Å²) < 4.78 is 11.7. The number of ether oxygens (including phenoxy) is 1. The Morgan fingerprint density at radius 3 is 2.71 bits per heavy atom. The quantitative estimate of drug-likeness (QED) is 0.599. The molecule has 0 N–H and O–H groups in total. The van der Waals surface area contributed by atoms with E-state index in [1.165, 1.54) is 6.42 Å². The number of amides is 1. The maximum atomic E-state index is 12.8. The lowest BCUT2D eigenvalue weighted by Crippen LogP contribution is -2.53. The number of carbonyl (C=O) groups is 1. The predicted molar refractivity (Wildman–Crippen MR) is 121 cm³/mol. The second-order valence-corrected chi connectivity index (χ2v) is 9.92.